The fraction of sp³-hybridized carbons (Fsp3) is 0. The Hall–Kier alpha value is -2.66. The number of benzene rings is 2. The molecule has 4 nitrogen and oxygen atoms in total. The summed E-state index contributed by atoms with van der Waals surface area (Å²) >= 11 is 0. The Bertz CT molecular complexity index is 817. The van der Waals surface area contributed by atoms with Gasteiger partial charge in [0.15, 0.2) is 0 Å². The quantitative estimate of drug-likeness (QED) is 0.860. The number of carboxylic acids is 1. The van der Waals surface area contributed by atoms with Crippen LogP contribution in [0.2, 0.25) is 0 Å². The van der Waals surface area contributed by atoms with Gasteiger partial charge in [-0.1, -0.05) is 49.0 Å². The summed E-state index contributed by atoms with van der Waals surface area (Å²) in [6, 6.07) is 14.6. The standard InChI is InChI=1S/C17H14O4S/c1-13(15-5-3-2-4-6-15)22(20,21)16-10-7-14(8-11-16)9-12-17(18)19/h2-12H,1H2,(H,18,19). The zero-order valence-corrected chi connectivity index (χ0v) is 12.5. The van der Waals surface area contributed by atoms with E-state index in [0.717, 1.165) is 6.08 Å². The molecule has 0 fully saturated rings. The predicted octanol–water partition coefficient (Wildman–Crippen LogP) is 3.23. The molecule has 0 atom stereocenters. The van der Waals surface area contributed by atoms with Crippen molar-refractivity contribution in [2.24, 2.45) is 0 Å². The molecule has 0 saturated heterocycles. The van der Waals surface area contributed by atoms with E-state index in [-0.39, 0.29) is 9.80 Å². The highest BCUT2D eigenvalue weighted by Gasteiger charge is 2.19. The van der Waals surface area contributed by atoms with Crippen molar-refractivity contribution in [1.29, 1.82) is 0 Å². The van der Waals surface area contributed by atoms with Crippen LogP contribution in [0.4, 0.5) is 0 Å². The lowest BCUT2D eigenvalue weighted by Gasteiger charge is -2.08. The van der Waals surface area contributed by atoms with Crippen molar-refractivity contribution in [2.75, 3.05) is 0 Å². The molecule has 0 heterocycles. The largest absolute Gasteiger partial charge is 0.478 e. The fourth-order valence-corrected chi connectivity index (χ4v) is 3.07. The van der Waals surface area contributed by atoms with Crippen molar-refractivity contribution in [3.8, 4) is 0 Å². The Labute approximate surface area is 129 Å². The van der Waals surface area contributed by atoms with Gasteiger partial charge in [-0.15, -0.1) is 0 Å². The van der Waals surface area contributed by atoms with Crippen LogP contribution in [0.15, 0.2) is 72.1 Å². The van der Waals surface area contributed by atoms with Gasteiger partial charge in [0, 0.05) is 6.08 Å². The average Bonchev–Trinajstić information content (AvgIpc) is 2.53. The minimum Gasteiger partial charge on any atom is -0.478 e. The zero-order valence-electron chi connectivity index (χ0n) is 11.6. The van der Waals surface area contributed by atoms with Gasteiger partial charge in [-0.05, 0) is 29.3 Å². The van der Waals surface area contributed by atoms with Crippen LogP contribution in [0.3, 0.4) is 0 Å². The van der Waals surface area contributed by atoms with E-state index in [1.54, 1.807) is 42.5 Å². The van der Waals surface area contributed by atoms with Crippen LogP contribution in [-0.2, 0) is 14.6 Å². The molecule has 0 bridgehead atoms. The number of carboxylic acid groups (broad SMARTS) is 1. The van der Waals surface area contributed by atoms with E-state index < -0.39 is 15.8 Å². The van der Waals surface area contributed by atoms with E-state index in [1.807, 2.05) is 0 Å². The first-order valence-electron chi connectivity index (χ1n) is 6.42. The maximum atomic E-state index is 12.5. The third kappa shape index (κ3) is 3.51. The highest BCUT2D eigenvalue weighted by molar-refractivity contribution is 8.00. The van der Waals surface area contributed by atoms with Gasteiger partial charge in [-0.3, -0.25) is 0 Å². The van der Waals surface area contributed by atoms with Gasteiger partial charge in [0.05, 0.1) is 9.80 Å². The third-order valence-electron chi connectivity index (χ3n) is 3.03. The van der Waals surface area contributed by atoms with Crippen LogP contribution < -0.4 is 0 Å². The maximum absolute atomic E-state index is 12.5. The van der Waals surface area contributed by atoms with E-state index in [9.17, 15) is 13.2 Å². The van der Waals surface area contributed by atoms with Gasteiger partial charge >= 0.3 is 5.97 Å². The van der Waals surface area contributed by atoms with Gasteiger partial charge in [0.2, 0.25) is 9.84 Å². The van der Waals surface area contributed by atoms with E-state index in [1.165, 1.54) is 18.2 Å². The summed E-state index contributed by atoms with van der Waals surface area (Å²) in [5.74, 6) is -1.06. The molecule has 0 radical (unpaired) electrons. The monoisotopic (exact) mass is 314 g/mol. The minimum atomic E-state index is -3.67. The fourth-order valence-electron chi connectivity index (χ4n) is 1.85. The van der Waals surface area contributed by atoms with Crippen LogP contribution in [0.5, 0.6) is 0 Å². The van der Waals surface area contributed by atoms with Crippen LogP contribution in [0.25, 0.3) is 11.0 Å². The zero-order chi connectivity index (χ0) is 16.2. The number of rotatable bonds is 5. The van der Waals surface area contributed by atoms with Crippen molar-refractivity contribution in [1.82, 2.24) is 0 Å². The second-order valence-electron chi connectivity index (χ2n) is 4.53. The molecule has 0 saturated carbocycles. The molecular formula is C17H14O4S. The molecule has 2 aromatic carbocycles. The highest BCUT2D eigenvalue weighted by Crippen LogP contribution is 2.26. The number of carbonyl (C=O) groups is 1. The van der Waals surface area contributed by atoms with Crippen LogP contribution in [0.1, 0.15) is 11.1 Å². The van der Waals surface area contributed by atoms with Gasteiger partial charge in [0.1, 0.15) is 0 Å². The number of hydrogen-bond donors (Lipinski definition) is 1. The summed E-state index contributed by atoms with van der Waals surface area (Å²) in [4.78, 5) is 10.6. The number of sulfone groups is 1. The van der Waals surface area contributed by atoms with Gasteiger partial charge in [-0.25, -0.2) is 13.2 Å². The lowest BCUT2D eigenvalue weighted by Crippen LogP contribution is -2.03. The first-order valence-corrected chi connectivity index (χ1v) is 7.90. The molecule has 22 heavy (non-hydrogen) atoms. The second kappa shape index (κ2) is 6.41. The van der Waals surface area contributed by atoms with Crippen molar-refractivity contribution in [3.05, 3.63) is 78.4 Å². The molecule has 0 aliphatic rings. The number of aliphatic carboxylic acids is 1. The predicted molar refractivity (Wildman–Crippen MR) is 85.8 cm³/mol. The molecule has 0 spiro atoms. The molecule has 0 aliphatic heterocycles. The molecular weight excluding hydrogens is 300 g/mol. The van der Waals surface area contributed by atoms with Crippen LogP contribution in [0, 0.1) is 0 Å². The summed E-state index contributed by atoms with van der Waals surface area (Å²) in [5, 5.41) is 8.56. The summed E-state index contributed by atoms with van der Waals surface area (Å²) in [6.07, 6.45) is 2.39. The molecule has 0 amide bonds. The first-order chi connectivity index (χ1) is 10.4. The smallest absolute Gasteiger partial charge is 0.328 e. The lowest BCUT2D eigenvalue weighted by atomic mass is 10.2. The Morgan fingerprint density at radius 2 is 1.59 bits per heavy atom. The Morgan fingerprint density at radius 3 is 2.14 bits per heavy atom. The Morgan fingerprint density at radius 1 is 1.00 bits per heavy atom. The molecule has 0 unspecified atom stereocenters. The molecule has 0 aromatic heterocycles. The molecule has 112 valence electrons. The molecule has 5 heteroatoms. The van der Waals surface area contributed by atoms with Crippen molar-refractivity contribution < 1.29 is 18.3 Å². The topological polar surface area (TPSA) is 71.4 Å². The third-order valence-corrected chi connectivity index (χ3v) is 4.81. The lowest BCUT2D eigenvalue weighted by molar-refractivity contribution is -0.131. The van der Waals surface area contributed by atoms with Crippen molar-refractivity contribution >= 4 is 26.8 Å². The van der Waals surface area contributed by atoms with Gasteiger partial charge in [0.25, 0.3) is 0 Å². The summed E-state index contributed by atoms with van der Waals surface area (Å²) in [7, 11) is -3.67. The van der Waals surface area contributed by atoms with E-state index in [4.69, 9.17) is 5.11 Å². The van der Waals surface area contributed by atoms with Gasteiger partial charge in [-0.2, -0.15) is 0 Å². The van der Waals surface area contributed by atoms with E-state index >= 15 is 0 Å². The summed E-state index contributed by atoms with van der Waals surface area (Å²) in [5.41, 5.74) is 1.14. The van der Waals surface area contributed by atoms with Crippen molar-refractivity contribution in [2.45, 2.75) is 4.90 Å². The Kier molecular flexibility index (Phi) is 4.58. The van der Waals surface area contributed by atoms with Crippen LogP contribution >= 0.6 is 0 Å². The molecule has 2 rings (SSSR count). The molecule has 1 N–H and O–H groups in total. The van der Waals surface area contributed by atoms with Crippen molar-refractivity contribution in [3.63, 3.8) is 0 Å². The normalized spacial score (nSPS) is 11.5. The second-order valence-corrected chi connectivity index (χ2v) is 6.50. The van der Waals surface area contributed by atoms with E-state index in [2.05, 4.69) is 6.58 Å². The number of hydrogen-bond acceptors (Lipinski definition) is 3. The molecule has 2 aromatic rings. The van der Waals surface area contributed by atoms with Gasteiger partial charge < -0.3 is 5.11 Å². The first kappa shape index (κ1) is 15.7. The highest BCUT2D eigenvalue weighted by atomic mass is 32.2. The maximum Gasteiger partial charge on any atom is 0.328 e. The van der Waals surface area contributed by atoms with Crippen LogP contribution in [-0.4, -0.2) is 19.5 Å². The summed E-state index contributed by atoms with van der Waals surface area (Å²) < 4.78 is 25.0. The Balaban J connectivity index is 2.31. The average molecular weight is 314 g/mol. The molecule has 0 aliphatic carbocycles. The SMILES string of the molecule is C=C(c1ccccc1)S(=O)(=O)c1ccc(C=CC(=O)O)cc1. The van der Waals surface area contributed by atoms with E-state index in [0.29, 0.717) is 11.1 Å². The summed E-state index contributed by atoms with van der Waals surface area (Å²) in [6.45, 7) is 3.68. The minimum absolute atomic E-state index is 0.0296.